The van der Waals surface area contributed by atoms with Crippen molar-refractivity contribution in [3.8, 4) is 17.6 Å². The van der Waals surface area contributed by atoms with Crippen LogP contribution in [0.4, 0.5) is 16.2 Å². The van der Waals surface area contributed by atoms with Gasteiger partial charge in [0, 0.05) is 23.6 Å². The highest BCUT2D eigenvalue weighted by Gasteiger charge is 2.25. The number of nitrogens with zero attached hydrogens (tertiary/aromatic N) is 4. The first kappa shape index (κ1) is 23.6. The summed E-state index contributed by atoms with van der Waals surface area (Å²) >= 11 is 0. The Hall–Kier alpha value is -5.17. The molecule has 5 rings (SSSR count). The Morgan fingerprint density at radius 2 is 1.95 bits per heavy atom. The first-order valence-electron chi connectivity index (χ1n) is 11.7. The monoisotopic (exact) mass is 495 g/mol. The number of nitriles is 1. The number of amides is 1. The number of hydrogen-bond donors (Lipinski definition) is 3. The van der Waals surface area contributed by atoms with E-state index in [0.29, 0.717) is 35.8 Å². The molecular weight excluding hydrogens is 470 g/mol. The van der Waals surface area contributed by atoms with Crippen LogP contribution in [0.1, 0.15) is 11.3 Å². The molecule has 2 aromatic heterocycles. The molecule has 3 N–H and O–H groups in total. The topological polar surface area (TPSA) is 118 Å². The molecule has 0 fully saturated rings. The number of ether oxygens (including phenoxy) is 2. The number of carbonyl (C=O) groups is 1. The third-order valence-corrected chi connectivity index (χ3v) is 5.84. The first-order valence-corrected chi connectivity index (χ1v) is 11.7. The fraction of sp³-hybridized carbons (Fsp3) is 0.148. The maximum atomic E-state index is 12.4. The number of benzene rings is 2. The first-order chi connectivity index (χ1) is 18.1. The Labute approximate surface area is 213 Å². The fourth-order valence-electron chi connectivity index (χ4n) is 3.97. The van der Waals surface area contributed by atoms with Gasteiger partial charge in [-0.25, -0.2) is 9.78 Å². The van der Waals surface area contributed by atoms with Crippen molar-refractivity contribution in [1.82, 2.24) is 14.2 Å². The molecule has 0 saturated carbocycles. The zero-order valence-corrected chi connectivity index (χ0v) is 20.1. The summed E-state index contributed by atoms with van der Waals surface area (Å²) in [4.78, 5) is 16.3. The summed E-state index contributed by atoms with van der Waals surface area (Å²) in [7, 11) is 0. The molecule has 37 heavy (non-hydrogen) atoms. The molecule has 0 spiro atoms. The van der Waals surface area contributed by atoms with Crippen LogP contribution >= 0.6 is 0 Å². The van der Waals surface area contributed by atoms with Gasteiger partial charge in [-0.15, -0.1) is 0 Å². The van der Waals surface area contributed by atoms with Crippen molar-refractivity contribution in [2.75, 3.05) is 29.2 Å². The second-order valence-corrected chi connectivity index (χ2v) is 8.31. The van der Waals surface area contributed by atoms with Crippen molar-refractivity contribution in [3.05, 3.63) is 96.3 Å². The molecule has 1 aliphatic rings. The number of nitrogens with one attached hydrogen (secondary N) is 3. The lowest BCUT2D eigenvalue weighted by Gasteiger charge is -2.23. The van der Waals surface area contributed by atoms with Crippen LogP contribution < -0.4 is 20.8 Å². The summed E-state index contributed by atoms with van der Waals surface area (Å²) in [5.41, 5.74) is 7.32. The molecule has 0 saturated heterocycles. The van der Waals surface area contributed by atoms with E-state index in [2.05, 4.69) is 27.1 Å². The number of imidazole rings is 1. The van der Waals surface area contributed by atoms with Crippen LogP contribution in [0.25, 0.3) is 5.70 Å². The average Bonchev–Trinajstić information content (AvgIpc) is 3.54. The van der Waals surface area contributed by atoms with Crippen molar-refractivity contribution >= 4 is 23.2 Å². The lowest BCUT2D eigenvalue weighted by atomic mass is 10.1. The lowest BCUT2D eigenvalue weighted by Crippen LogP contribution is -2.26. The van der Waals surface area contributed by atoms with Gasteiger partial charge in [-0.3, -0.25) is 9.99 Å². The highest BCUT2D eigenvalue weighted by molar-refractivity contribution is 5.90. The van der Waals surface area contributed by atoms with Gasteiger partial charge in [0.05, 0.1) is 54.3 Å². The molecule has 10 heteroatoms. The van der Waals surface area contributed by atoms with Crippen molar-refractivity contribution in [1.29, 1.82) is 5.26 Å². The largest absolute Gasteiger partial charge is 0.457 e. The van der Waals surface area contributed by atoms with Crippen LogP contribution in [0, 0.1) is 18.3 Å². The summed E-state index contributed by atoms with van der Waals surface area (Å²) in [5, 5.41) is 16.0. The number of para-hydroxylation sites is 1. The summed E-state index contributed by atoms with van der Waals surface area (Å²) in [5.74, 6) is 1.46. The van der Waals surface area contributed by atoms with Gasteiger partial charge in [0.1, 0.15) is 18.1 Å². The standard InChI is InChI=1S/C27H25N7O3/c1-19-24(32-27(35)36-14-13-33-12-11-29-18-33)17-34-26(19)25(20(15-28)16-30-34)31-21-7-9-23(10-8-21)37-22-5-3-2-4-6-22/h2-12,17-18,30-31H,13-14,16H2,1H3,(H,32,35). The maximum Gasteiger partial charge on any atom is 0.411 e. The number of hydrogen-bond acceptors (Lipinski definition) is 7. The highest BCUT2D eigenvalue weighted by Crippen LogP contribution is 2.33. The molecular formula is C27H25N7O3. The second-order valence-electron chi connectivity index (χ2n) is 8.31. The molecule has 4 aromatic rings. The minimum Gasteiger partial charge on any atom is -0.457 e. The number of anilines is 2. The van der Waals surface area contributed by atoms with Crippen molar-refractivity contribution in [3.63, 3.8) is 0 Å². The molecule has 0 aliphatic carbocycles. The Morgan fingerprint density at radius 1 is 1.16 bits per heavy atom. The number of carbonyl (C=O) groups excluding carboxylic acids is 1. The van der Waals surface area contributed by atoms with E-state index in [1.54, 1.807) is 29.6 Å². The van der Waals surface area contributed by atoms with Gasteiger partial charge in [0.25, 0.3) is 0 Å². The van der Waals surface area contributed by atoms with Crippen molar-refractivity contribution < 1.29 is 14.3 Å². The summed E-state index contributed by atoms with van der Waals surface area (Å²) in [6, 6.07) is 19.3. The van der Waals surface area contributed by atoms with Crippen LogP contribution in [0.2, 0.25) is 0 Å². The van der Waals surface area contributed by atoms with Crippen molar-refractivity contribution in [2.45, 2.75) is 13.5 Å². The average molecular weight is 496 g/mol. The van der Waals surface area contributed by atoms with E-state index in [0.717, 1.165) is 22.7 Å². The molecule has 0 bridgehead atoms. The fourth-order valence-corrected chi connectivity index (χ4v) is 3.97. The van der Waals surface area contributed by atoms with E-state index < -0.39 is 6.09 Å². The van der Waals surface area contributed by atoms with Crippen LogP contribution in [0.15, 0.2) is 85.1 Å². The molecule has 0 unspecified atom stereocenters. The summed E-state index contributed by atoms with van der Waals surface area (Å²) in [6.45, 7) is 2.94. The lowest BCUT2D eigenvalue weighted by molar-refractivity contribution is 0.157. The second kappa shape index (κ2) is 10.6. The van der Waals surface area contributed by atoms with E-state index in [1.165, 1.54) is 0 Å². The van der Waals surface area contributed by atoms with Crippen LogP contribution in [-0.2, 0) is 11.3 Å². The number of aromatic nitrogens is 3. The van der Waals surface area contributed by atoms with Gasteiger partial charge in [-0.1, -0.05) is 18.2 Å². The van der Waals surface area contributed by atoms with E-state index in [9.17, 15) is 10.1 Å². The third kappa shape index (κ3) is 5.41. The van der Waals surface area contributed by atoms with Gasteiger partial charge in [-0.2, -0.15) is 5.26 Å². The minimum atomic E-state index is -0.556. The molecule has 186 valence electrons. The Kier molecular flexibility index (Phi) is 6.76. The van der Waals surface area contributed by atoms with Crippen LogP contribution in [0.5, 0.6) is 11.5 Å². The molecule has 3 heterocycles. The predicted molar refractivity (Wildman–Crippen MR) is 140 cm³/mol. The van der Waals surface area contributed by atoms with Gasteiger partial charge in [0.15, 0.2) is 0 Å². The third-order valence-electron chi connectivity index (χ3n) is 5.84. The predicted octanol–water partition coefficient (Wildman–Crippen LogP) is 4.94. The summed E-state index contributed by atoms with van der Waals surface area (Å²) < 4.78 is 14.8. The van der Waals surface area contributed by atoms with Crippen LogP contribution in [-0.4, -0.2) is 33.5 Å². The smallest absolute Gasteiger partial charge is 0.411 e. The quantitative estimate of drug-likeness (QED) is 0.317. The van der Waals surface area contributed by atoms with Gasteiger partial charge < -0.3 is 24.8 Å². The number of fused-ring (bicyclic) bond motifs is 1. The minimum absolute atomic E-state index is 0.211. The zero-order chi connectivity index (χ0) is 25.6. The molecule has 1 amide bonds. The van der Waals surface area contributed by atoms with E-state index in [4.69, 9.17) is 9.47 Å². The van der Waals surface area contributed by atoms with E-state index in [-0.39, 0.29) is 6.61 Å². The molecule has 0 radical (unpaired) electrons. The SMILES string of the molecule is Cc1c(NC(=O)OCCn2ccnc2)cn2c1C(Nc1ccc(Oc3ccccc3)cc1)=C(C#N)CN2. The Balaban J connectivity index is 1.29. The van der Waals surface area contributed by atoms with E-state index in [1.807, 2.05) is 66.1 Å². The molecule has 0 atom stereocenters. The molecule has 1 aliphatic heterocycles. The number of rotatable bonds is 8. The van der Waals surface area contributed by atoms with Gasteiger partial charge in [-0.05, 0) is 43.3 Å². The van der Waals surface area contributed by atoms with Crippen LogP contribution in [0.3, 0.4) is 0 Å². The van der Waals surface area contributed by atoms with E-state index >= 15 is 0 Å². The van der Waals surface area contributed by atoms with Gasteiger partial charge >= 0.3 is 6.09 Å². The Morgan fingerprint density at radius 3 is 2.68 bits per heavy atom. The molecule has 2 aromatic carbocycles. The normalized spacial score (nSPS) is 12.2. The zero-order valence-electron chi connectivity index (χ0n) is 20.1. The highest BCUT2D eigenvalue weighted by atomic mass is 16.5. The maximum absolute atomic E-state index is 12.4. The molecule has 10 nitrogen and oxygen atoms in total. The van der Waals surface area contributed by atoms with Crippen molar-refractivity contribution in [2.24, 2.45) is 0 Å². The van der Waals surface area contributed by atoms with Gasteiger partial charge in [0.2, 0.25) is 0 Å². The Bertz CT molecular complexity index is 1450. The summed E-state index contributed by atoms with van der Waals surface area (Å²) in [6.07, 6.45) is 6.35.